The first-order valence-corrected chi connectivity index (χ1v) is 6.13. The Morgan fingerprint density at radius 3 is 2.38 bits per heavy atom. The number of hydroxylamine groups is 1. The van der Waals surface area contributed by atoms with Gasteiger partial charge in [-0.1, -0.05) is 24.1 Å². The third kappa shape index (κ3) is 2.84. The van der Waals surface area contributed by atoms with Gasteiger partial charge < -0.3 is 5.21 Å². The number of benzene rings is 1. The van der Waals surface area contributed by atoms with Crippen LogP contribution in [0.25, 0.3) is 0 Å². The summed E-state index contributed by atoms with van der Waals surface area (Å²) >= 11 is 0. The average Bonchev–Trinajstić information content (AvgIpc) is 2.33. The largest absolute Gasteiger partial charge is 0.624 e. The highest BCUT2D eigenvalue weighted by Crippen LogP contribution is 2.19. The Hall–Kier alpha value is -1.31. The minimum absolute atomic E-state index is 0.204. The highest BCUT2D eigenvalue weighted by atomic mass is 16.5. The van der Waals surface area contributed by atoms with E-state index in [-0.39, 0.29) is 6.04 Å². The maximum absolute atomic E-state index is 11.9. The predicted molar refractivity (Wildman–Crippen MR) is 66.8 cm³/mol. The van der Waals surface area contributed by atoms with Gasteiger partial charge in [0.05, 0.1) is 0 Å². The Morgan fingerprint density at radius 1 is 1.12 bits per heavy atom. The van der Waals surface area contributed by atoms with Gasteiger partial charge in [0.1, 0.15) is 0 Å². The van der Waals surface area contributed by atoms with Gasteiger partial charge in [-0.15, -0.1) is 0 Å². The minimum atomic E-state index is 0.204. The molecule has 2 nitrogen and oxygen atoms in total. The molecule has 0 heterocycles. The zero-order valence-corrected chi connectivity index (χ0v) is 9.86. The molecule has 0 saturated heterocycles. The van der Waals surface area contributed by atoms with E-state index in [0.29, 0.717) is 0 Å². The van der Waals surface area contributed by atoms with Gasteiger partial charge in [-0.05, 0) is 31.9 Å². The normalized spacial score (nSPS) is 18.7. The molecule has 0 spiro atoms. The summed E-state index contributed by atoms with van der Waals surface area (Å²) < 4.78 is 1.16. The Bertz CT molecular complexity index is 361. The van der Waals surface area contributed by atoms with E-state index in [1.165, 1.54) is 24.8 Å². The van der Waals surface area contributed by atoms with Crippen LogP contribution in [0.2, 0.25) is 0 Å². The second-order valence-corrected chi connectivity index (χ2v) is 4.69. The standard InChI is InChI=1S/C14H19NO/c1-12-7-9-13(10-8-12)11-15(16)14-5-3-2-4-6-14/h7-11,14H,2-6H2,1H3/b15-11-. The van der Waals surface area contributed by atoms with Crippen molar-refractivity contribution < 1.29 is 4.74 Å². The van der Waals surface area contributed by atoms with Gasteiger partial charge in [0.2, 0.25) is 0 Å². The van der Waals surface area contributed by atoms with E-state index in [2.05, 4.69) is 6.92 Å². The predicted octanol–water partition coefficient (Wildman–Crippen LogP) is 3.26. The second kappa shape index (κ2) is 5.15. The SMILES string of the molecule is Cc1ccc(/C=[N+](\[O-])C2CCCCC2)cc1. The maximum Gasteiger partial charge on any atom is 0.182 e. The van der Waals surface area contributed by atoms with Crippen molar-refractivity contribution in [3.8, 4) is 0 Å². The first kappa shape index (κ1) is 11.2. The van der Waals surface area contributed by atoms with E-state index in [9.17, 15) is 5.21 Å². The van der Waals surface area contributed by atoms with Crippen molar-refractivity contribution in [2.45, 2.75) is 45.1 Å². The zero-order chi connectivity index (χ0) is 11.4. The summed E-state index contributed by atoms with van der Waals surface area (Å²) in [5.74, 6) is 0. The van der Waals surface area contributed by atoms with Crippen LogP contribution in [0.4, 0.5) is 0 Å². The molecule has 1 aromatic carbocycles. The van der Waals surface area contributed by atoms with Gasteiger partial charge in [-0.25, -0.2) is 4.74 Å². The lowest BCUT2D eigenvalue weighted by Gasteiger charge is -2.20. The fourth-order valence-corrected chi connectivity index (χ4v) is 2.24. The minimum Gasteiger partial charge on any atom is -0.624 e. The van der Waals surface area contributed by atoms with E-state index in [1.54, 1.807) is 6.21 Å². The number of nitrogens with zero attached hydrogens (tertiary/aromatic N) is 1. The molecule has 0 aliphatic heterocycles. The Kier molecular flexibility index (Phi) is 3.60. The van der Waals surface area contributed by atoms with Crippen LogP contribution >= 0.6 is 0 Å². The van der Waals surface area contributed by atoms with Gasteiger partial charge in [-0.2, -0.15) is 0 Å². The van der Waals surface area contributed by atoms with Crippen molar-refractivity contribution in [1.82, 2.24) is 0 Å². The van der Waals surface area contributed by atoms with Crippen LogP contribution < -0.4 is 0 Å². The van der Waals surface area contributed by atoms with Crippen molar-refractivity contribution in [1.29, 1.82) is 0 Å². The van der Waals surface area contributed by atoms with Crippen LogP contribution in [0.5, 0.6) is 0 Å². The fraction of sp³-hybridized carbons (Fsp3) is 0.500. The average molecular weight is 217 g/mol. The van der Waals surface area contributed by atoms with E-state index >= 15 is 0 Å². The molecular weight excluding hydrogens is 198 g/mol. The van der Waals surface area contributed by atoms with Crippen molar-refractivity contribution in [3.63, 3.8) is 0 Å². The van der Waals surface area contributed by atoms with Crippen LogP contribution in [0.15, 0.2) is 24.3 Å². The van der Waals surface area contributed by atoms with E-state index in [0.717, 1.165) is 23.1 Å². The first-order chi connectivity index (χ1) is 7.75. The summed E-state index contributed by atoms with van der Waals surface area (Å²) in [7, 11) is 0. The molecule has 0 aromatic heterocycles. The Labute approximate surface area is 97.2 Å². The number of rotatable bonds is 2. The molecule has 0 unspecified atom stereocenters. The van der Waals surface area contributed by atoms with Gasteiger partial charge in [0, 0.05) is 18.4 Å². The number of aryl methyl sites for hydroxylation is 1. The van der Waals surface area contributed by atoms with Crippen LogP contribution in [0, 0.1) is 12.1 Å². The van der Waals surface area contributed by atoms with Gasteiger partial charge >= 0.3 is 0 Å². The summed E-state index contributed by atoms with van der Waals surface area (Å²) in [6.07, 6.45) is 7.51. The van der Waals surface area contributed by atoms with Crippen LogP contribution in [-0.4, -0.2) is 17.0 Å². The van der Waals surface area contributed by atoms with Crippen LogP contribution in [-0.2, 0) is 0 Å². The van der Waals surface area contributed by atoms with Crippen LogP contribution in [0.3, 0.4) is 0 Å². The molecule has 2 rings (SSSR count). The summed E-state index contributed by atoms with van der Waals surface area (Å²) in [5, 5.41) is 11.9. The van der Waals surface area contributed by atoms with Gasteiger partial charge in [0.15, 0.2) is 12.3 Å². The molecule has 0 amide bonds. The number of hydrogen-bond acceptors (Lipinski definition) is 1. The molecule has 1 aliphatic carbocycles. The molecule has 1 aromatic rings. The maximum atomic E-state index is 11.9. The molecule has 1 fully saturated rings. The molecule has 2 heteroatoms. The van der Waals surface area contributed by atoms with Crippen molar-refractivity contribution in [2.24, 2.45) is 0 Å². The topological polar surface area (TPSA) is 26.1 Å². The second-order valence-electron chi connectivity index (χ2n) is 4.69. The molecule has 0 bridgehead atoms. The highest BCUT2D eigenvalue weighted by Gasteiger charge is 2.19. The summed E-state index contributed by atoms with van der Waals surface area (Å²) in [5.41, 5.74) is 2.23. The lowest BCUT2D eigenvalue weighted by atomic mass is 9.96. The molecule has 0 atom stereocenters. The third-order valence-corrected chi connectivity index (χ3v) is 3.29. The number of hydrogen-bond donors (Lipinski definition) is 0. The molecular formula is C14H19NO. The summed E-state index contributed by atoms with van der Waals surface area (Å²) in [4.78, 5) is 0. The lowest BCUT2D eigenvalue weighted by molar-refractivity contribution is -0.500. The monoisotopic (exact) mass is 217 g/mol. The van der Waals surface area contributed by atoms with E-state index < -0.39 is 0 Å². The van der Waals surface area contributed by atoms with Crippen molar-refractivity contribution in [2.75, 3.05) is 0 Å². The molecule has 0 N–H and O–H groups in total. The van der Waals surface area contributed by atoms with Crippen LogP contribution in [0.1, 0.15) is 43.2 Å². The van der Waals surface area contributed by atoms with E-state index in [1.807, 2.05) is 24.3 Å². The Balaban J connectivity index is 2.07. The van der Waals surface area contributed by atoms with Crippen molar-refractivity contribution >= 4 is 6.21 Å². The molecule has 1 saturated carbocycles. The molecule has 86 valence electrons. The molecule has 0 radical (unpaired) electrons. The third-order valence-electron chi connectivity index (χ3n) is 3.29. The smallest absolute Gasteiger partial charge is 0.182 e. The first-order valence-electron chi connectivity index (χ1n) is 6.13. The summed E-state index contributed by atoms with van der Waals surface area (Å²) in [6, 6.07) is 8.29. The van der Waals surface area contributed by atoms with Gasteiger partial charge in [0.25, 0.3) is 0 Å². The lowest BCUT2D eigenvalue weighted by Crippen LogP contribution is -2.25. The highest BCUT2D eigenvalue weighted by molar-refractivity contribution is 5.75. The molecule has 16 heavy (non-hydrogen) atoms. The fourth-order valence-electron chi connectivity index (χ4n) is 2.24. The zero-order valence-electron chi connectivity index (χ0n) is 9.86. The van der Waals surface area contributed by atoms with E-state index in [4.69, 9.17) is 0 Å². The van der Waals surface area contributed by atoms with Gasteiger partial charge in [-0.3, -0.25) is 0 Å². The Morgan fingerprint density at radius 2 is 1.75 bits per heavy atom. The quantitative estimate of drug-likeness (QED) is 0.323. The molecule has 1 aliphatic rings. The van der Waals surface area contributed by atoms with Crippen molar-refractivity contribution in [3.05, 3.63) is 40.6 Å². The summed E-state index contributed by atoms with van der Waals surface area (Å²) in [6.45, 7) is 2.06.